The van der Waals surface area contributed by atoms with Gasteiger partial charge in [-0.05, 0) is 48.2 Å². The lowest BCUT2D eigenvalue weighted by Crippen LogP contribution is -2.05. The van der Waals surface area contributed by atoms with Crippen molar-refractivity contribution in [1.82, 2.24) is 0 Å². The largest absolute Gasteiger partial charge is 0.454 e. The second-order valence-electron chi connectivity index (χ2n) is 5.31. The summed E-state index contributed by atoms with van der Waals surface area (Å²) in [6, 6.07) is 12.3. The number of rotatable bonds is 4. The Morgan fingerprint density at radius 1 is 1.00 bits per heavy atom. The first kappa shape index (κ1) is 14.5. The van der Waals surface area contributed by atoms with Crippen molar-refractivity contribution in [2.45, 2.75) is 32.7 Å². The van der Waals surface area contributed by atoms with Crippen molar-refractivity contribution in [2.24, 2.45) is 5.73 Å². The molecular formula is C17H20FNO. The highest BCUT2D eigenvalue weighted by molar-refractivity contribution is 5.37. The third-order valence-corrected chi connectivity index (χ3v) is 3.23. The average Bonchev–Trinajstić information content (AvgIpc) is 2.41. The van der Waals surface area contributed by atoms with E-state index in [9.17, 15) is 4.39 Å². The molecule has 0 heterocycles. The number of hydrogen-bond donors (Lipinski definition) is 1. The highest BCUT2D eigenvalue weighted by Crippen LogP contribution is 2.28. The Labute approximate surface area is 119 Å². The van der Waals surface area contributed by atoms with Crippen molar-refractivity contribution in [3.63, 3.8) is 0 Å². The molecule has 0 aliphatic heterocycles. The summed E-state index contributed by atoms with van der Waals surface area (Å²) in [4.78, 5) is 0. The third-order valence-electron chi connectivity index (χ3n) is 3.23. The maximum atomic E-state index is 14.0. The van der Waals surface area contributed by atoms with Crippen LogP contribution in [0.25, 0.3) is 0 Å². The van der Waals surface area contributed by atoms with Crippen LogP contribution >= 0.6 is 0 Å². The normalized spacial score (nSPS) is 12.5. The van der Waals surface area contributed by atoms with Gasteiger partial charge in [0.1, 0.15) is 5.75 Å². The summed E-state index contributed by atoms with van der Waals surface area (Å²) < 4.78 is 19.6. The van der Waals surface area contributed by atoms with E-state index in [1.807, 2.05) is 31.2 Å². The molecule has 2 aromatic rings. The van der Waals surface area contributed by atoms with Crippen LogP contribution in [0.5, 0.6) is 11.5 Å². The highest BCUT2D eigenvalue weighted by Gasteiger charge is 2.09. The molecule has 2 rings (SSSR count). The lowest BCUT2D eigenvalue weighted by atomic mass is 10.0. The summed E-state index contributed by atoms with van der Waals surface area (Å²) in [5.41, 5.74) is 7.65. The van der Waals surface area contributed by atoms with Gasteiger partial charge in [0.05, 0.1) is 0 Å². The van der Waals surface area contributed by atoms with Crippen LogP contribution in [0.4, 0.5) is 4.39 Å². The van der Waals surface area contributed by atoms with E-state index >= 15 is 0 Å². The van der Waals surface area contributed by atoms with E-state index in [1.165, 1.54) is 6.07 Å². The minimum Gasteiger partial charge on any atom is -0.454 e. The molecule has 0 aliphatic carbocycles. The highest BCUT2D eigenvalue weighted by atomic mass is 19.1. The predicted octanol–water partition coefficient (Wildman–Crippen LogP) is 4.76. The Balaban J connectivity index is 2.24. The maximum Gasteiger partial charge on any atom is 0.166 e. The van der Waals surface area contributed by atoms with Crippen molar-refractivity contribution in [1.29, 1.82) is 0 Å². The van der Waals surface area contributed by atoms with Gasteiger partial charge in [0.2, 0.25) is 0 Å². The first-order chi connectivity index (χ1) is 9.47. The maximum absolute atomic E-state index is 14.0. The average molecular weight is 273 g/mol. The summed E-state index contributed by atoms with van der Waals surface area (Å²) in [7, 11) is 0. The van der Waals surface area contributed by atoms with Crippen LogP contribution in [0.3, 0.4) is 0 Å². The van der Waals surface area contributed by atoms with Crippen LogP contribution in [0.15, 0.2) is 42.5 Å². The fourth-order valence-corrected chi connectivity index (χ4v) is 1.95. The number of benzene rings is 2. The SMILES string of the molecule is CC(C)c1cccc(Oc2ccc(C(C)N)cc2F)c1. The Kier molecular flexibility index (Phi) is 4.40. The van der Waals surface area contributed by atoms with Crippen LogP contribution < -0.4 is 10.5 Å². The second-order valence-corrected chi connectivity index (χ2v) is 5.31. The van der Waals surface area contributed by atoms with E-state index in [0.29, 0.717) is 11.7 Å². The molecule has 0 aromatic heterocycles. The lowest BCUT2D eigenvalue weighted by Gasteiger charge is -2.12. The zero-order chi connectivity index (χ0) is 14.7. The first-order valence-electron chi connectivity index (χ1n) is 6.80. The minimum absolute atomic E-state index is 0.192. The molecule has 0 fully saturated rings. The van der Waals surface area contributed by atoms with E-state index in [1.54, 1.807) is 12.1 Å². The molecule has 0 amide bonds. The zero-order valence-corrected chi connectivity index (χ0v) is 12.1. The van der Waals surface area contributed by atoms with Crippen molar-refractivity contribution in [2.75, 3.05) is 0 Å². The molecule has 2 N–H and O–H groups in total. The van der Waals surface area contributed by atoms with Gasteiger partial charge in [-0.15, -0.1) is 0 Å². The molecule has 0 radical (unpaired) electrons. The monoisotopic (exact) mass is 273 g/mol. The van der Waals surface area contributed by atoms with Crippen LogP contribution in [0, 0.1) is 5.82 Å². The molecule has 20 heavy (non-hydrogen) atoms. The molecule has 0 saturated carbocycles. The molecule has 106 valence electrons. The summed E-state index contributed by atoms with van der Waals surface area (Å²) in [6.07, 6.45) is 0. The Morgan fingerprint density at radius 3 is 2.35 bits per heavy atom. The third kappa shape index (κ3) is 3.36. The summed E-state index contributed by atoms with van der Waals surface area (Å²) in [6.45, 7) is 6.04. The zero-order valence-electron chi connectivity index (χ0n) is 12.1. The summed E-state index contributed by atoms with van der Waals surface area (Å²) in [5.74, 6) is 0.873. The van der Waals surface area contributed by atoms with Gasteiger partial charge >= 0.3 is 0 Å². The van der Waals surface area contributed by atoms with Gasteiger partial charge in [-0.2, -0.15) is 0 Å². The lowest BCUT2D eigenvalue weighted by molar-refractivity contribution is 0.440. The van der Waals surface area contributed by atoms with Gasteiger partial charge < -0.3 is 10.5 Å². The van der Waals surface area contributed by atoms with Gasteiger partial charge in [-0.3, -0.25) is 0 Å². The molecule has 1 atom stereocenters. The quantitative estimate of drug-likeness (QED) is 0.871. The number of halogens is 1. The molecule has 0 bridgehead atoms. The predicted molar refractivity (Wildman–Crippen MR) is 79.6 cm³/mol. The first-order valence-corrected chi connectivity index (χ1v) is 6.80. The van der Waals surface area contributed by atoms with Crippen LogP contribution in [0.2, 0.25) is 0 Å². The van der Waals surface area contributed by atoms with Crippen LogP contribution in [0.1, 0.15) is 43.9 Å². The van der Waals surface area contributed by atoms with Crippen LogP contribution in [-0.4, -0.2) is 0 Å². The molecule has 3 heteroatoms. The summed E-state index contributed by atoms with van der Waals surface area (Å²) in [5, 5.41) is 0. The standard InChI is InChI=1S/C17H20FNO/c1-11(2)13-5-4-6-15(9-13)20-17-8-7-14(12(3)19)10-16(17)18/h4-12H,19H2,1-3H3. The van der Waals surface area contributed by atoms with E-state index in [2.05, 4.69) is 13.8 Å². The molecule has 1 unspecified atom stereocenters. The van der Waals surface area contributed by atoms with Gasteiger partial charge in [-0.1, -0.05) is 32.0 Å². The van der Waals surface area contributed by atoms with Crippen LogP contribution in [-0.2, 0) is 0 Å². The topological polar surface area (TPSA) is 35.2 Å². The number of nitrogens with two attached hydrogens (primary N) is 1. The minimum atomic E-state index is -0.394. The molecule has 2 aromatic carbocycles. The molecule has 2 nitrogen and oxygen atoms in total. The Hall–Kier alpha value is -1.87. The molecule has 0 spiro atoms. The fraction of sp³-hybridized carbons (Fsp3) is 0.294. The van der Waals surface area contributed by atoms with E-state index in [-0.39, 0.29) is 11.8 Å². The van der Waals surface area contributed by atoms with Crippen molar-refractivity contribution in [3.05, 3.63) is 59.4 Å². The molecule has 0 saturated heterocycles. The van der Waals surface area contributed by atoms with E-state index < -0.39 is 5.82 Å². The van der Waals surface area contributed by atoms with E-state index in [0.717, 1.165) is 11.1 Å². The number of hydrogen-bond acceptors (Lipinski definition) is 2. The van der Waals surface area contributed by atoms with Gasteiger partial charge in [-0.25, -0.2) is 4.39 Å². The van der Waals surface area contributed by atoms with Gasteiger partial charge in [0.25, 0.3) is 0 Å². The summed E-state index contributed by atoms with van der Waals surface area (Å²) >= 11 is 0. The number of ether oxygens (including phenoxy) is 1. The molecular weight excluding hydrogens is 253 g/mol. The van der Waals surface area contributed by atoms with Crippen molar-refractivity contribution < 1.29 is 9.13 Å². The van der Waals surface area contributed by atoms with E-state index in [4.69, 9.17) is 10.5 Å². The Morgan fingerprint density at radius 2 is 1.75 bits per heavy atom. The van der Waals surface area contributed by atoms with Gasteiger partial charge in [0.15, 0.2) is 11.6 Å². The fourth-order valence-electron chi connectivity index (χ4n) is 1.95. The molecule has 0 aliphatic rings. The smallest absolute Gasteiger partial charge is 0.166 e. The second kappa shape index (κ2) is 6.06. The van der Waals surface area contributed by atoms with Crippen molar-refractivity contribution in [3.8, 4) is 11.5 Å². The van der Waals surface area contributed by atoms with Crippen molar-refractivity contribution >= 4 is 0 Å². The van der Waals surface area contributed by atoms with Gasteiger partial charge in [0, 0.05) is 6.04 Å². The Bertz CT molecular complexity index is 593.